The van der Waals surface area contributed by atoms with E-state index in [0.717, 1.165) is 6.42 Å². The first-order valence-electron chi connectivity index (χ1n) is 6.43. The molecule has 0 aliphatic heterocycles. The molecule has 0 aliphatic carbocycles. The Labute approximate surface area is 139 Å². The van der Waals surface area contributed by atoms with E-state index in [0.29, 0.717) is 27.9 Å². The third-order valence-corrected chi connectivity index (χ3v) is 5.19. The maximum Gasteiger partial charge on any atom is 0.185 e. The van der Waals surface area contributed by atoms with E-state index in [2.05, 4.69) is 32.6 Å². The number of imidazole rings is 1. The van der Waals surface area contributed by atoms with Crippen LogP contribution in [0.5, 0.6) is 0 Å². The summed E-state index contributed by atoms with van der Waals surface area (Å²) in [7, 11) is 2.64. The van der Waals surface area contributed by atoms with Crippen molar-refractivity contribution in [3.8, 4) is 6.07 Å². The summed E-state index contributed by atoms with van der Waals surface area (Å²) in [6.45, 7) is 0.692. The molecule has 5 nitrogen and oxygen atoms in total. The van der Waals surface area contributed by atoms with Crippen LogP contribution in [0.15, 0.2) is 41.7 Å². The molecule has 3 aromatic rings. The molecular formula is C14H10ClN5S2. The lowest BCUT2D eigenvalue weighted by atomic mass is 10.1. The second-order valence-electron chi connectivity index (χ2n) is 4.41. The van der Waals surface area contributed by atoms with Gasteiger partial charge in [0.1, 0.15) is 6.07 Å². The van der Waals surface area contributed by atoms with Crippen LogP contribution < -0.4 is 4.67 Å². The second kappa shape index (κ2) is 6.83. The first-order valence-corrected chi connectivity index (χ1v) is 8.92. The van der Waals surface area contributed by atoms with Gasteiger partial charge in [-0.25, -0.2) is 9.98 Å². The van der Waals surface area contributed by atoms with E-state index in [4.69, 9.17) is 11.6 Å². The van der Waals surface area contributed by atoms with Crippen LogP contribution in [0.25, 0.3) is 0 Å². The monoisotopic (exact) mass is 347 g/mol. The molecule has 2 heterocycles. The van der Waals surface area contributed by atoms with E-state index >= 15 is 0 Å². The minimum Gasteiger partial charge on any atom is -0.314 e. The van der Waals surface area contributed by atoms with Gasteiger partial charge in [-0.2, -0.15) is 9.64 Å². The van der Waals surface area contributed by atoms with Crippen LogP contribution in [0.2, 0.25) is 5.15 Å². The molecule has 110 valence electrons. The zero-order valence-electron chi connectivity index (χ0n) is 11.3. The Morgan fingerprint density at radius 3 is 2.82 bits per heavy atom. The lowest BCUT2D eigenvalue weighted by molar-refractivity contribution is 0.697. The zero-order valence-corrected chi connectivity index (χ0v) is 13.7. The molecule has 0 saturated carbocycles. The minimum atomic E-state index is 0.294. The van der Waals surface area contributed by atoms with Crippen LogP contribution in [0.3, 0.4) is 0 Å². The van der Waals surface area contributed by atoms with Crippen LogP contribution in [0, 0.1) is 11.3 Å². The summed E-state index contributed by atoms with van der Waals surface area (Å²) in [5.74, 6) is 0.525. The maximum absolute atomic E-state index is 9.19. The summed E-state index contributed by atoms with van der Waals surface area (Å²) in [5.41, 5.74) is 1.52. The van der Waals surface area contributed by atoms with Gasteiger partial charge in [0.2, 0.25) is 0 Å². The number of benzene rings is 1. The Kier molecular flexibility index (Phi) is 4.63. The molecule has 22 heavy (non-hydrogen) atoms. The molecule has 0 amide bonds. The van der Waals surface area contributed by atoms with Gasteiger partial charge in [0.15, 0.2) is 21.3 Å². The number of nitrogens with zero attached hydrogens (tertiary/aromatic N) is 5. The molecule has 0 spiro atoms. The molecule has 0 atom stereocenters. The van der Waals surface area contributed by atoms with E-state index in [1.807, 2.05) is 22.8 Å². The molecule has 8 heteroatoms. The lowest BCUT2D eigenvalue weighted by Crippen LogP contribution is -2.02. The van der Waals surface area contributed by atoms with E-state index in [1.165, 1.54) is 26.4 Å². The summed E-state index contributed by atoms with van der Waals surface area (Å²) in [4.78, 5) is 8.57. The number of nitriles is 1. The van der Waals surface area contributed by atoms with Crippen molar-refractivity contribution >= 4 is 38.3 Å². The van der Waals surface area contributed by atoms with Crippen LogP contribution in [0.1, 0.15) is 11.3 Å². The van der Waals surface area contributed by atoms with Gasteiger partial charge in [-0.3, -0.25) is 0 Å². The highest BCUT2D eigenvalue weighted by Gasteiger charge is 2.11. The SMILES string of the molecule is N#Cc1ncn(CCc2ccccc2)c1/N=c1\ssnc1Cl. The van der Waals surface area contributed by atoms with Gasteiger partial charge >= 0.3 is 0 Å². The lowest BCUT2D eigenvalue weighted by Gasteiger charge is -2.05. The molecule has 2 aromatic heterocycles. The van der Waals surface area contributed by atoms with Crippen molar-refractivity contribution in [2.45, 2.75) is 13.0 Å². The molecule has 1 aromatic carbocycles. The van der Waals surface area contributed by atoms with Crippen molar-refractivity contribution in [3.63, 3.8) is 0 Å². The average molecular weight is 348 g/mol. The molecule has 0 N–H and O–H groups in total. The Balaban J connectivity index is 1.91. The van der Waals surface area contributed by atoms with Crippen molar-refractivity contribution in [1.29, 1.82) is 5.26 Å². The van der Waals surface area contributed by atoms with E-state index < -0.39 is 0 Å². The van der Waals surface area contributed by atoms with Crippen molar-refractivity contribution in [3.05, 3.63) is 57.7 Å². The topological polar surface area (TPSA) is 66.9 Å². The number of aromatic nitrogens is 3. The van der Waals surface area contributed by atoms with Gasteiger partial charge in [0.25, 0.3) is 0 Å². The van der Waals surface area contributed by atoms with Gasteiger partial charge in [0, 0.05) is 17.1 Å². The highest BCUT2D eigenvalue weighted by atomic mass is 35.5. The number of halogens is 1. The van der Waals surface area contributed by atoms with Crippen molar-refractivity contribution in [1.82, 2.24) is 13.9 Å². The van der Waals surface area contributed by atoms with E-state index in [9.17, 15) is 5.26 Å². The quantitative estimate of drug-likeness (QED) is 0.679. The van der Waals surface area contributed by atoms with Gasteiger partial charge in [-0.15, -0.1) is 0 Å². The van der Waals surface area contributed by atoms with Gasteiger partial charge < -0.3 is 4.57 Å². The molecule has 0 bridgehead atoms. The number of hydrogen-bond acceptors (Lipinski definition) is 6. The maximum atomic E-state index is 9.19. The third-order valence-electron chi connectivity index (χ3n) is 3.02. The predicted molar refractivity (Wildman–Crippen MR) is 87.3 cm³/mol. The zero-order chi connectivity index (χ0) is 15.4. The molecule has 0 fully saturated rings. The number of rotatable bonds is 4. The normalized spacial score (nSPS) is 11.5. The number of aryl methyl sites for hydroxylation is 2. The van der Waals surface area contributed by atoms with Crippen molar-refractivity contribution in [2.75, 3.05) is 0 Å². The highest BCUT2D eigenvalue weighted by molar-refractivity contribution is 7.66. The third kappa shape index (κ3) is 3.25. The van der Waals surface area contributed by atoms with Crippen LogP contribution in [0.4, 0.5) is 5.82 Å². The minimum absolute atomic E-state index is 0.294. The summed E-state index contributed by atoms with van der Waals surface area (Å²) in [6.07, 6.45) is 2.47. The molecular weight excluding hydrogens is 338 g/mol. The fourth-order valence-corrected chi connectivity index (χ4v) is 3.92. The summed E-state index contributed by atoms with van der Waals surface area (Å²) in [5, 5.41) is 9.54. The fraction of sp³-hybridized carbons (Fsp3) is 0.143. The largest absolute Gasteiger partial charge is 0.314 e. The van der Waals surface area contributed by atoms with Crippen molar-refractivity contribution < 1.29 is 0 Å². The molecule has 0 saturated heterocycles. The summed E-state index contributed by atoms with van der Waals surface area (Å²) < 4.78 is 6.46. The van der Waals surface area contributed by atoms with Gasteiger partial charge in [-0.1, -0.05) is 41.9 Å². The molecule has 0 unspecified atom stereocenters. The molecule has 0 aliphatic rings. The second-order valence-corrected chi connectivity index (χ2v) is 6.60. The van der Waals surface area contributed by atoms with Crippen LogP contribution >= 0.6 is 32.5 Å². The Morgan fingerprint density at radius 2 is 2.14 bits per heavy atom. The predicted octanol–water partition coefficient (Wildman–Crippen LogP) is 3.40. The summed E-state index contributed by atoms with van der Waals surface area (Å²) in [6, 6.07) is 12.2. The Bertz CT molecular complexity index is 873. The smallest absolute Gasteiger partial charge is 0.185 e. The van der Waals surface area contributed by atoms with Crippen molar-refractivity contribution in [2.24, 2.45) is 4.99 Å². The number of hydrogen-bond donors (Lipinski definition) is 0. The Morgan fingerprint density at radius 1 is 1.32 bits per heavy atom. The Hall–Kier alpha value is -2.01. The average Bonchev–Trinajstić information content (AvgIpc) is 3.13. The van der Waals surface area contributed by atoms with E-state index in [-0.39, 0.29) is 0 Å². The highest BCUT2D eigenvalue weighted by Crippen LogP contribution is 2.19. The standard InChI is InChI=1S/C14H10ClN5S2/c15-12-14(21-22-19-12)18-13-11(8-16)17-9-20(13)7-6-10-4-2-1-3-5-10/h1-5,9H,6-7H2/b18-14-. The summed E-state index contributed by atoms with van der Waals surface area (Å²) >= 11 is 5.98. The van der Waals surface area contributed by atoms with Crippen LogP contribution in [-0.4, -0.2) is 13.9 Å². The fourth-order valence-electron chi connectivity index (χ4n) is 1.95. The van der Waals surface area contributed by atoms with Gasteiger partial charge in [0.05, 0.1) is 6.33 Å². The molecule has 0 radical (unpaired) electrons. The molecule has 3 rings (SSSR count). The first-order chi connectivity index (χ1) is 10.8. The van der Waals surface area contributed by atoms with Gasteiger partial charge in [-0.05, 0) is 22.3 Å². The van der Waals surface area contributed by atoms with E-state index in [1.54, 1.807) is 6.33 Å². The first kappa shape index (κ1) is 14.9. The van der Waals surface area contributed by atoms with Crippen LogP contribution in [-0.2, 0) is 13.0 Å².